The number of rotatable bonds is 3. The van der Waals surface area contributed by atoms with Crippen molar-refractivity contribution in [3.63, 3.8) is 0 Å². The monoisotopic (exact) mass is 298 g/mol. The van der Waals surface area contributed by atoms with E-state index in [0.717, 1.165) is 12.1 Å². The lowest BCUT2D eigenvalue weighted by atomic mass is 10.0. The number of nitrogens with one attached hydrogen (secondary N) is 1. The summed E-state index contributed by atoms with van der Waals surface area (Å²) in [6.45, 7) is 1.50. The van der Waals surface area contributed by atoms with Gasteiger partial charge in [0.1, 0.15) is 6.04 Å². The van der Waals surface area contributed by atoms with Crippen LogP contribution >= 0.6 is 0 Å². The first kappa shape index (κ1) is 14.9. The van der Waals surface area contributed by atoms with Gasteiger partial charge in [-0.05, 0) is 24.6 Å². The Balaban J connectivity index is 2.06. The average molecular weight is 298 g/mol. The summed E-state index contributed by atoms with van der Waals surface area (Å²) in [5.74, 6) is -3.94. The van der Waals surface area contributed by atoms with E-state index in [0.29, 0.717) is 10.5 Å². The van der Waals surface area contributed by atoms with Crippen molar-refractivity contribution in [1.29, 1.82) is 0 Å². The molecule has 0 aromatic heterocycles. The Labute approximate surface area is 118 Å². The first-order chi connectivity index (χ1) is 9.81. The van der Waals surface area contributed by atoms with Gasteiger partial charge in [-0.25, -0.2) is 23.3 Å². The largest absolute Gasteiger partial charge is 0.480 e. The molecule has 0 bridgehead atoms. The molecule has 1 aromatic carbocycles. The Morgan fingerprint density at radius 1 is 1.38 bits per heavy atom. The maximum absolute atomic E-state index is 13.1. The molecule has 1 fully saturated rings. The van der Waals surface area contributed by atoms with Gasteiger partial charge in [0.05, 0.1) is 12.5 Å². The number of β-lactam (4-membered cyclic amide) rings is 1. The average Bonchev–Trinajstić information content (AvgIpc) is 2.38. The third-order valence-electron chi connectivity index (χ3n) is 3.24. The van der Waals surface area contributed by atoms with Crippen LogP contribution < -0.4 is 5.32 Å². The van der Waals surface area contributed by atoms with Crippen LogP contribution in [0.5, 0.6) is 0 Å². The zero-order valence-electron chi connectivity index (χ0n) is 11.0. The van der Waals surface area contributed by atoms with Gasteiger partial charge < -0.3 is 10.4 Å². The van der Waals surface area contributed by atoms with Crippen molar-refractivity contribution in [2.75, 3.05) is 0 Å². The molecule has 1 aliphatic rings. The van der Waals surface area contributed by atoms with Crippen LogP contribution in [0.2, 0.25) is 0 Å². The number of nitrogens with zero attached hydrogens (tertiary/aromatic N) is 1. The molecule has 0 radical (unpaired) electrons. The van der Waals surface area contributed by atoms with E-state index in [1.807, 2.05) is 0 Å². The summed E-state index contributed by atoms with van der Waals surface area (Å²) in [5.41, 5.74) is 0.294. The molecular weight excluding hydrogens is 286 g/mol. The number of carbonyl (C=O) groups is 3. The quantitative estimate of drug-likeness (QED) is 0.826. The lowest BCUT2D eigenvalue weighted by Crippen LogP contribution is -2.61. The molecule has 2 N–H and O–H groups in total. The second-order valence-corrected chi connectivity index (χ2v) is 4.67. The van der Waals surface area contributed by atoms with Gasteiger partial charge in [0, 0.05) is 0 Å². The van der Waals surface area contributed by atoms with E-state index in [1.54, 1.807) is 0 Å². The third-order valence-corrected chi connectivity index (χ3v) is 3.24. The van der Waals surface area contributed by atoms with Crippen molar-refractivity contribution >= 4 is 17.9 Å². The number of carboxylic acids is 1. The van der Waals surface area contributed by atoms with E-state index in [9.17, 15) is 23.2 Å². The van der Waals surface area contributed by atoms with Crippen molar-refractivity contribution in [2.24, 2.45) is 0 Å². The third kappa shape index (κ3) is 2.83. The van der Waals surface area contributed by atoms with E-state index in [-0.39, 0.29) is 6.42 Å². The fraction of sp³-hybridized carbons (Fsp3) is 0.308. The summed E-state index contributed by atoms with van der Waals surface area (Å²) in [5, 5.41) is 11.2. The first-order valence-corrected chi connectivity index (χ1v) is 6.11. The fourth-order valence-electron chi connectivity index (χ4n) is 1.99. The number of carboxylic acid groups (broad SMARTS) is 1. The summed E-state index contributed by atoms with van der Waals surface area (Å²) < 4.78 is 25.9. The predicted octanol–water partition coefficient (Wildman–Crippen LogP) is 1.42. The molecule has 2 atom stereocenters. The molecule has 0 aliphatic carbocycles. The van der Waals surface area contributed by atoms with Crippen LogP contribution in [0.1, 0.15) is 24.9 Å². The van der Waals surface area contributed by atoms with Crippen molar-refractivity contribution in [3.8, 4) is 0 Å². The maximum Gasteiger partial charge on any atom is 0.327 e. The lowest BCUT2D eigenvalue weighted by Gasteiger charge is -2.36. The molecule has 112 valence electrons. The number of urea groups is 1. The minimum Gasteiger partial charge on any atom is -0.480 e. The predicted molar refractivity (Wildman–Crippen MR) is 66.2 cm³/mol. The number of imide groups is 1. The highest BCUT2D eigenvalue weighted by Crippen LogP contribution is 2.21. The molecule has 1 heterocycles. The van der Waals surface area contributed by atoms with Crippen LogP contribution in [0, 0.1) is 11.6 Å². The minimum atomic E-state index is -1.27. The molecule has 1 saturated heterocycles. The van der Waals surface area contributed by atoms with E-state index < -0.39 is 41.6 Å². The molecule has 0 spiro atoms. The second-order valence-electron chi connectivity index (χ2n) is 4.67. The molecule has 0 saturated carbocycles. The number of hydrogen-bond donors (Lipinski definition) is 2. The van der Waals surface area contributed by atoms with Crippen LogP contribution in [-0.4, -0.2) is 34.0 Å². The van der Waals surface area contributed by atoms with Gasteiger partial charge >= 0.3 is 12.0 Å². The highest BCUT2D eigenvalue weighted by atomic mass is 19.2. The highest BCUT2D eigenvalue weighted by molar-refractivity contribution is 6.05. The molecule has 2 rings (SSSR count). The number of likely N-dealkylation sites (tertiary alicyclic amines) is 1. The molecule has 8 heteroatoms. The van der Waals surface area contributed by atoms with Crippen molar-refractivity contribution in [1.82, 2.24) is 10.2 Å². The van der Waals surface area contributed by atoms with Gasteiger partial charge in [-0.15, -0.1) is 0 Å². The Morgan fingerprint density at radius 2 is 2.05 bits per heavy atom. The topological polar surface area (TPSA) is 86.7 Å². The Kier molecular flexibility index (Phi) is 3.88. The Morgan fingerprint density at radius 3 is 2.57 bits per heavy atom. The van der Waals surface area contributed by atoms with Crippen LogP contribution in [0.3, 0.4) is 0 Å². The zero-order chi connectivity index (χ0) is 15.7. The minimum absolute atomic E-state index is 0.234. The second kappa shape index (κ2) is 5.47. The number of benzene rings is 1. The standard InChI is InChI=1S/C13H12F2N2O4/c1-6(7-2-3-8(14)9(15)4-7)16-13(21)17-10(12(19)20)5-11(17)18/h2-4,6,10H,5H2,1H3,(H,16,21)(H,19,20)/t6?,10-/m0/s1. The molecule has 1 unspecified atom stereocenters. The van der Waals surface area contributed by atoms with Crippen molar-refractivity contribution in [2.45, 2.75) is 25.4 Å². The normalized spacial score (nSPS) is 18.9. The van der Waals surface area contributed by atoms with Gasteiger partial charge in [0.15, 0.2) is 11.6 Å². The first-order valence-electron chi connectivity index (χ1n) is 6.11. The number of carbonyl (C=O) groups excluding carboxylic acids is 2. The maximum atomic E-state index is 13.1. The SMILES string of the molecule is CC(NC(=O)N1C(=O)C[C@H]1C(=O)O)c1ccc(F)c(F)c1. The molecule has 1 aromatic rings. The number of aliphatic carboxylic acids is 1. The molecular formula is C13H12F2N2O4. The summed E-state index contributed by atoms with van der Waals surface area (Å²) in [7, 11) is 0. The van der Waals surface area contributed by atoms with Crippen LogP contribution in [0.25, 0.3) is 0 Å². The van der Waals surface area contributed by atoms with Gasteiger partial charge in [-0.2, -0.15) is 0 Å². The van der Waals surface area contributed by atoms with Gasteiger partial charge in [0.2, 0.25) is 5.91 Å². The van der Waals surface area contributed by atoms with E-state index in [2.05, 4.69) is 5.32 Å². The number of hydrogen-bond acceptors (Lipinski definition) is 3. The zero-order valence-corrected chi connectivity index (χ0v) is 11.0. The summed E-state index contributed by atoms with van der Waals surface area (Å²) >= 11 is 0. The van der Waals surface area contributed by atoms with Crippen molar-refractivity contribution in [3.05, 3.63) is 35.4 Å². The molecule has 21 heavy (non-hydrogen) atoms. The Hall–Kier alpha value is -2.51. The van der Waals surface area contributed by atoms with Crippen LogP contribution in [-0.2, 0) is 9.59 Å². The molecule has 3 amide bonds. The number of amides is 3. The summed E-state index contributed by atoms with van der Waals surface area (Å²) in [6, 6.07) is 0.353. The van der Waals surface area contributed by atoms with E-state index >= 15 is 0 Å². The summed E-state index contributed by atoms with van der Waals surface area (Å²) in [6.07, 6.45) is -0.234. The molecule has 6 nitrogen and oxygen atoms in total. The number of halogens is 2. The van der Waals surface area contributed by atoms with E-state index in [1.165, 1.54) is 13.0 Å². The van der Waals surface area contributed by atoms with Gasteiger partial charge in [-0.1, -0.05) is 6.07 Å². The van der Waals surface area contributed by atoms with Gasteiger partial charge in [-0.3, -0.25) is 4.79 Å². The van der Waals surface area contributed by atoms with Crippen LogP contribution in [0.4, 0.5) is 13.6 Å². The summed E-state index contributed by atoms with van der Waals surface area (Å²) in [4.78, 5) is 34.6. The van der Waals surface area contributed by atoms with Crippen molar-refractivity contribution < 1.29 is 28.3 Å². The van der Waals surface area contributed by atoms with Gasteiger partial charge in [0.25, 0.3) is 0 Å². The smallest absolute Gasteiger partial charge is 0.327 e. The molecule has 1 aliphatic heterocycles. The van der Waals surface area contributed by atoms with Crippen LogP contribution in [0.15, 0.2) is 18.2 Å². The fourth-order valence-corrected chi connectivity index (χ4v) is 1.99. The highest BCUT2D eigenvalue weighted by Gasteiger charge is 2.45. The Bertz CT molecular complexity index is 620. The van der Waals surface area contributed by atoms with E-state index in [4.69, 9.17) is 5.11 Å². The lowest BCUT2D eigenvalue weighted by molar-refractivity contribution is -0.157.